The van der Waals surface area contributed by atoms with Crippen LogP contribution in [0.25, 0.3) is 0 Å². The van der Waals surface area contributed by atoms with E-state index in [1.165, 1.54) is 5.69 Å². The molecule has 1 aliphatic heterocycles. The van der Waals surface area contributed by atoms with E-state index < -0.39 is 6.10 Å². The molecule has 1 aromatic heterocycles. The Morgan fingerprint density at radius 1 is 1.33 bits per heavy atom. The van der Waals surface area contributed by atoms with Gasteiger partial charge in [-0.05, 0) is 23.4 Å². The predicted molar refractivity (Wildman–Crippen MR) is 96.5 cm³/mol. The van der Waals surface area contributed by atoms with Crippen LogP contribution in [0.5, 0.6) is 5.75 Å². The normalized spacial score (nSPS) is 16.0. The number of fused-ring (bicyclic) bond motifs is 1. The minimum absolute atomic E-state index is 0.495. The molecule has 0 aliphatic carbocycles. The molecule has 3 rings (SSSR count). The Morgan fingerprint density at radius 2 is 2.08 bits per heavy atom. The molecule has 1 aromatic carbocycles. The molecule has 5 nitrogen and oxygen atoms in total. The first-order valence-corrected chi connectivity index (χ1v) is 9.32. The summed E-state index contributed by atoms with van der Waals surface area (Å²) >= 11 is 1.78. The largest absolute Gasteiger partial charge is 0.497 e. The zero-order valence-electron chi connectivity index (χ0n) is 14.5. The third-order valence-corrected chi connectivity index (χ3v) is 5.41. The zero-order valence-corrected chi connectivity index (χ0v) is 15.3. The Hall–Kier alpha value is -1.50. The van der Waals surface area contributed by atoms with Crippen LogP contribution in [0.3, 0.4) is 0 Å². The van der Waals surface area contributed by atoms with E-state index in [1.807, 2.05) is 24.3 Å². The lowest BCUT2D eigenvalue weighted by Crippen LogP contribution is -2.34. The fraction of sp³-hybridized carbons (Fsp3) is 0.500. The van der Waals surface area contributed by atoms with Crippen LogP contribution in [-0.2, 0) is 20.0 Å². The summed E-state index contributed by atoms with van der Waals surface area (Å²) in [5, 5.41) is 11.6. The maximum absolute atomic E-state index is 10.5. The number of rotatable bonds is 6. The number of nitrogens with zero attached hydrogens (tertiary/aromatic N) is 3. The zero-order chi connectivity index (χ0) is 17.1. The highest BCUT2D eigenvalue weighted by atomic mass is 32.2. The summed E-state index contributed by atoms with van der Waals surface area (Å²) in [5.74, 6) is 1.84. The van der Waals surface area contributed by atoms with Crippen molar-refractivity contribution in [2.24, 2.45) is 7.05 Å². The number of benzene rings is 1. The van der Waals surface area contributed by atoms with E-state index in [1.54, 1.807) is 18.9 Å². The molecule has 0 bridgehead atoms. The maximum atomic E-state index is 10.5. The third kappa shape index (κ3) is 3.61. The van der Waals surface area contributed by atoms with Gasteiger partial charge in [-0.1, -0.05) is 30.8 Å². The summed E-state index contributed by atoms with van der Waals surface area (Å²) in [4.78, 5) is 7.06. The minimum Gasteiger partial charge on any atom is -0.497 e. The quantitative estimate of drug-likeness (QED) is 0.814. The standard InChI is InChI=1S/C18H25N3O2S/c1-4-24-18-19-15-11-21(10-9-16(15)20(18)2)12-17(22)13-5-7-14(23-3)8-6-13/h5-8,17,22H,4,9-12H2,1-3H3/t17-/m0/s1. The van der Waals surface area contributed by atoms with Crippen molar-refractivity contribution in [1.82, 2.24) is 14.5 Å². The van der Waals surface area contributed by atoms with Crippen molar-refractivity contribution in [3.8, 4) is 5.75 Å². The summed E-state index contributed by atoms with van der Waals surface area (Å²) in [6.07, 6.45) is 0.490. The van der Waals surface area contributed by atoms with Crippen LogP contribution in [0, 0.1) is 0 Å². The first-order chi connectivity index (χ1) is 11.6. The van der Waals surface area contributed by atoms with Gasteiger partial charge in [-0.2, -0.15) is 0 Å². The van der Waals surface area contributed by atoms with E-state index in [2.05, 4.69) is 23.4 Å². The smallest absolute Gasteiger partial charge is 0.168 e. The van der Waals surface area contributed by atoms with Crippen molar-refractivity contribution in [2.75, 3.05) is 26.0 Å². The van der Waals surface area contributed by atoms with E-state index in [-0.39, 0.29) is 0 Å². The molecule has 2 aromatic rings. The Bertz CT molecular complexity index is 684. The van der Waals surface area contributed by atoms with Crippen molar-refractivity contribution in [3.63, 3.8) is 0 Å². The fourth-order valence-electron chi connectivity index (χ4n) is 3.15. The molecule has 0 saturated heterocycles. The lowest BCUT2D eigenvalue weighted by Gasteiger charge is -2.28. The molecule has 2 heterocycles. The molecule has 0 unspecified atom stereocenters. The molecule has 0 saturated carbocycles. The first kappa shape index (κ1) is 17.3. The molecule has 0 radical (unpaired) electrons. The average molecular weight is 347 g/mol. The third-order valence-electron chi connectivity index (χ3n) is 4.50. The van der Waals surface area contributed by atoms with Gasteiger partial charge in [0.25, 0.3) is 0 Å². The van der Waals surface area contributed by atoms with E-state index in [4.69, 9.17) is 9.72 Å². The van der Waals surface area contributed by atoms with E-state index in [0.717, 1.165) is 47.4 Å². The lowest BCUT2D eigenvalue weighted by atomic mass is 10.1. The van der Waals surface area contributed by atoms with Crippen LogP contribution < -0.4 is 4.74 Å². The van der Waals surface area contributed by atoms with E-state index in [9.17, 15) is 5.11 Å². The number of aliphatic hydroxyl groups is 1. The number of thioether (sulfide) groups is 1. The van der Waals surface area contributed by atoms with Crippen LogP contribution in [0.2, 0.25) is 0 Å². The van der Waals surface area contributed by atoms with Gasteiger partial charge in [-0.15, -0.1) is 0 Å². The van der Waals surface area contributed by atoms with E-state index in [0.29, 0.717) is 6.54 Å². The van der Waals surface area contributed by atoms with Gasteiger partial charge in [-0.3, -0.25) is 4.90 Å². The van der Waals surface area contributed by atoms with Gasteiger partial charge in [0.15, 0.2) is 5.16 Å². The Kier molecular flexibility index (Phi) is 5.48. The van der Waals surface area contributed by atoms with Crippen LogP contribution >= 0.6 is 11.8 Å². The maximum Gasteiger partial charge on any atom is 0.168 e. The highest BCUT2D eigenvalue weighted by Gasteiger charge is 2.24. The molecule has 1 atom stereocenters. The molecule has 0 fully saturated rings. The Labute approximate surface area is 147 Å². The van der Waals surface area contributed by atoms with Crippen molar-refractivity contribution in [2.45, 2.75) is 31.1 Å². The number of imidazole rings is 1. The molecular weight excluding hydrogens is 322 g/mol. The number of aromatic nitrogens is 2. The number of β-amino-alcohol motifs (C(OH)–C–C–N with tert-alkyl or cyclic N) is 1. The summed E-state index contributed by atoms with van der Waals surface area (Å²) in [5.41, 5.74) is 3.41. The molecule has 24 heavy (non-hydrogen) atoms. The summed E-state index contributed by atoms with van der Waals surface area (Å²) in [6, 6.07) is 7.63. The monoisotopic (exact) mass is 347 g/mol. The van der Waals surface area contributed by atoms with E-state index >= 15 is 0 Å². The van der Waals surface area contributed by atoms with Crippen LogP contribution in [-0.4, -0.2) is 45.5 Å². The number of hydrogen-bond acceptors (Lipinski definition) is 5. The number of aliphatic hydroxyl groups excluding tert-OH is 1. The van der Waals surface area contributed by atoms with Gasteiger partial charge in [-0.25, -0.2) is 4.98 Å². The summed E-state index contributed by atoms with van der Waals surface area (Å²) < 4.78 is 7.39. The Balaban J connectivity index is 1.65. The van der Waals surface area contributed by atoms with Crippen molar-refractivity contribution in [1.29, 1.82) is 0 Å². The lowest BCUT2D eigenvalue weighted by molar-refractivity contribution is 0.104. The number of ether oxygens (including phenoxy) is 1. The van der Waals surface area contributed by atoms with Gasteiger partial charge in [0.1, 0.15) is 5.75 Å². The molecule has 0 amide bonds. The van der Waals surface area contributed by atoms with Crippen molar-refractivity contribution >= 4 is 11.8 Å². The van der Waals surface area contributed by atoms with Gasteiger partial charge in [0, 0.05) is 38.8 Å². The van der Waals surface area contributed by atoms with Crippen LogP contribution in [0.15, 0.2) is 29.4 Å². The molecule has 0 spiro atoms. The second kappa shape index (κ2) is 7.59. The highest BCUT2D eigenvalue weighted by Crippen LogP contribution is 2.26. The molecule has 1 N–H and O–H groups in total. The Morgan fingerprint density at radius 3 is 2.75 bits per heavy atom. The molecule has 130 valence electrons. The van der Waals surface area contributed by atoms with Gasteiger partial charge < -0.3 is 14.4 Å². The molecule has 1 aliphatic rings. The van der Waals surface area contributed by atoms with Crippen molar-refractivity contribution in [3.05, 3.63) is 41.2 Å². The summed E-state index contributed by atoms with van der Waals surface area (Å²) in [7, 11) is 3.75. The number of methoxy groups -OCH3 is 1. The first-order valence-electron chi connectivity index (χ1n) is 8.34. The average Bonchev–Trinajstić information content (AvgIpc) is 2.91. The minimum atomic E-state index is -0.495. The van der Waals surface area contributed by atoms with Gasteiger partial charge in [0.05, 0.1) is 18.9 Å². The predicted octanol–water partition coefficient (Wildman–Crippen LogP) is 2.63. The van der Waals surface area contributed by atoms with Crippen LogP contribution in [0.4, 0.5) is 0 Å². The topological polar surface area (TPSA) is 50.5 Å². The second-order valence-corrected chi connectivity index (χ2v) is 7.29. The molecular formula is C18H25N3O2S. The van der Waals surface area contributed by atoms with Crippen LogP contribution in [0.1, 0.15) is 30.0 Å². The second-order valence-electron chi connectivity index (χ2n) is 6.05. The van der Waals surface area contributed by atoms with Crippen molar-refractivity contribution < 1.29 is 9.84 Å². The fourth-order valence-corrected chi connectivity index (χ4v) is 3.88. The summed E-state index contributed by atoms with van der Waals surface area (Å²) in [6.45, 7) is 4.53. The highest BCUT2D eigenvalue weighted by molar-refractivity contribution is 7.99. The van der Waals surface area contributed by atoms with Gasteiger partial charge >= 0.3 is 0 Å². The number of hydrogen-bond donors (Lipinski definition) is 1. The molecule has 6 heteroatoms. The SMILES string of the molecule is CCSc1nc2c(n1C)CCN(C[C@H](O)c1ccc(OC)cc1)C2. The van der Waals surface area contributed by atoms with Gasteiger partial charge in [0.2, 0.25) is 0 Å².